The summed E-state index contributed by atoms with van der Waals surface area (Å²) in [5.41, 5.74) is 1.30. The van der Waals surface area contributed by atoms with Crippen molar-refractivity contribution in [1.29, 1.82) is 0 Å². The zero-order valence-electron chi connectivity index (χ0n) is 20.9. The van der Waals surface area contributed by atoms with Gasteiger partial charge >= 0.3 is 5.97 Å². The fourth-order valence-corrected chi connectivity index (χ4v) is 3.97. The van der Waals surface area contributed by atoms with Gasteiger partial charge in [-0.3, -0.25) is 9.35 Å². The molecule has 0 aliphatic rings. The number of hydrogen-bond acceptors (Lipinski definition) is 9. The van der Waals surface area contributed by atoms with Gasteiger partial charge in [0.15, 0.2) is 23.1 Å². The Kier molecular flexibility index (Phi) is 8.14. The maximum absolute atomic E-state index is 12.7. The summed E-state index contributed by atoms with van der Waals surface area (Å²) in [6.45, 7) is 3.13. The van der Waals surface area contributed by atoms with E-state index in [0.29, 0.717) is 17.1 Å². The summed E-state index contributed by atoms with van der Waals surface area (Å²) in [6.07, 6.45) is 1.55. The molecule has 0 amide bonds. The monoisotopic (exact) mass is 536 g/mol. The number of methoxy groups -OCH3 is 2. The first kappa shape index (κ1) is 26.5. The van der Waals surface area contributed by atoms with E-state index in [2.05, 4.69) is 15.0 Å². The van der Waals surface area contributed by atoms with Gasteiger partial charge in [0.2, 0.25) is 5.75 Å². The molecule has 4 aromatic rings. The number of ether oxygens (including phenoxy) is 4. The Labute approximate surface area is 221 Å². The molecular weight excluding hydrogens is 512 g/mol. The van der Waals surface area contributed by atoms with Crippen molar-refractivity contribution < 1.29 is 32.5 Å². The number of esters is 1. The third-order valence-electron chi connectivity index (χ3n) is 5.10. The van der Waals surface area contributed by atoms with Crippen molar-refractivity contribution in [3.05, 3.63) is 72.4 Å². The van der Waals surface area contributed by atoms with Gasteiger partial charge in [0.25, 0.3) is 17.1 Å². The number of anilines is 2. The topological polar surface area (TPSA) is 133 Å². The van der Waals surface area contributed by atoms with E-state index >= 15 is 0 Å². The van der Waals surface area contributed by atoms with E-state index < -0.39 is 17.2 Å². The lowest BCUT2D eigenvalue weighted by Gasteiger charge is -2.23. The molecule has 0 saturated carbocycles. The van der Waals surface area contributed by atoms with Crippen LogP contribution in [0.2, 0.25) is 0 Å². The van der Waals surface area contributed by atoms with Gasteiger partial charge in [0, 0.05) is 18.7 Å². The molecule has 1 unspecified atom stereocenters. The van der Waals surface area contributed by atoms with E-state index in [1.165, 1.54) is 21.1 Å². The second-order valence-corrected chi connectivity index (χ2v) is 8.63. The zero-order valence-corrected chi connectivity index (χ0v) is 21.8. The van der Waals surface area contributed by atoms with Crippen LogP contribution in [0.15, 0.2) is 66.9 Å². The molecule has 12 heteroatoms. The van der Waals surface area contributed by atoms with E-state index in [9.17, 15) is 13.6 Å². The summed E-state index contributed by atoms with van der Waals surface area (Å²) in [4.78, 5) is 24.8. The van der Waals surface area contributed by atoms with Crippen LogP contribution in [0.25, 0.3) is 11.4 Å². The maximum Gasteiger partial charge on any atom is 0.308 e. The first-order valence-electron chi connectivity index (χ1n) is 11.2. The number of carbonyl (C=O) groups is 1. The minimum absolute atomic E-state index is 0.0312. The molecule has 0 aliphatic carbocycles. The number of pyridine rings is 1. The Morgan fingerprint density at radius 3 is 2.37 bits per heavy atom. The highest BCUT2D eigenvalue weighted by Gasteiger charge is 2.29. The van der Waals surface area contributed by atoms with Crippen LogP contribution in [0.3, 0.4) is 0 Å². The number of aryl methyl sites for hydroxylation is 1. The third kappa shape index (κ3) is 5.88. The Morgan fingerprint density at radius 1 is 0.974 bits per heavy atom. The van der Waals surface area contributed by atoms with Crippen LogP contribution in [0.5, 0.6) is 28.9 Å². The second kappa shape index (κ2) is 11.7. The highest BCUT2D eigenvalue weighted by molar-refractivity contribution is 7.81. The van der Waals surface area contributed by atoms with Gasteiger partial charge in [-0.2, -0.15) is 9.29 Å². The lowest BCUT2D eigenvalue weighted by molar-refractivity contribution is -0.131. The summed E-state index contributed by atoms with van der Waals surface area (Å²) < 4.78 is 46.3. The van der Waals surface area contributed by atoms with Crippen LogP contribution in [-0.4, -0.2) is 43.9 Å². The molecule has 0 bridgehead atoms. The predicted molar refractivity (Wildman–Crippen MR) is 140 cm³/mol. The number of rotatable bonds is 9. The predicted octanol–water partition coefficient (Wildman–Crippen LogP) is 4.86. The van der Waals surface area contributed by atoms with Gasteiger partial charge < -0.3 is 18.9 Å². The van der Waals surface area contributed by atoms with Crippen molar-refractivity contribution in [2.45, 2.75) is 13.8 Å². The number of nitrogens with zero attached hydrogens (tertiary/aromatic N) is 4. The van der Waals surface area contributed by atoms with E-state index in [0.717, 1.165) is 9.87 Å². The van der Waals surface area contributed by atoms with E-state index in [4.69, 9.17) is 18.9 Å². The molecule has 4 rings (SSSR count). The van der Waals surface area contributed by atoms with Crippen LogP contribution in [0, 0.1) is 6.92 Å². The molecule has 0 spiro atoms. The lowest BCUT2D eigenvalue weighted by atomic mass is 10.2. The third-order valence-corrected chi connectivity index (χ3v) is 5.77. The molecular formula is C26H24N4O7S. The SMILES string of the molecule is COc1ccccc1Oc1c(OC)nc(-c2cccc(OC(C)=O)c2)nc1N(c1ccc(C)cn1)S(=O)O. The minimum Gasteiger partial charge on any atom is -0.493 e. The summed E-state index contributed by atoms with van der Waals surface area (Å²) in [7, 11) is 2.87. The van der Waals surface area contributed by atoms with Crippen LogP contribution < -0.4 is 23.3 Å². The maximum atomic E-state index is 12.7. The summed E-state index contributed by atoms with van der Waals surface area (Å²) in [6, 6.07) is 16.7. The average molecular weight is 537 g/mol. The average Bonchev–Trinajstić information content (AvgIpc) is 2.90. The molecule has 2 aromatic heterocycles. The summed E-state index contributed by atoms with van der Waals surface area (Å²) in [5, 5.41) is 0. The van der Waals surface area contributed by atoms with Crippen molar-refractivity contribution in [1.82, 2.24) is 15.0 Å². The van der Waals surface area contributed by atoms with Crippen LogP contribution in [0.1, 0.15) is 12.5 Å². The van der Waals surface area contributed by atoms with Gasteiger partial charge in [0.05, 0.1) is 14.2 Å². The summed E-state index contributed by atoms with van der Waals surface area (Å²) in [5.74, 6) is 0.533. The van der Waals surface area contributed by atoms with Gasteiger partial charge in [-0.1, -0.05) is 30.3 Å². The van der Waals surface area contributed by atoms with Gasteiger partial charge in [-0.05, 0) is 42.8 Å². The van der Waals surface area contributed by atoms with E-state index in [1.807, 2.05) is 6.92 Å². The highest BCUT2D eigenvalue weighted by atomic mass is 32.2. The van der Waals surface area contributed by atoms with Crippen molar-refractivity contribution in [3.8, 4) is 40.3 Å². The summed E-state index contributed by atoms with van der Waals surface area (Å²) >= 11 is -2.63. The molecule has 1 N–H and O–H groups in total. The highest BCUT2D eigenvalue weighted by Crippen LogP contribution is 2.44. The smallest absolute Gasteiger partial charge is 0.308 e. The lowest BCUT2D eigenvalue weighted by Crippen LogP contribution is -2.23. The molecule has 0 radical (unpaired) electrons. The van der Waals surface area contributed by atoms with E-state index in [-0.39, 0.29) is 34.8 Å². The van der Waals surface area contributed by atoms with Crippen molar-refractivity contribution in [2.75, 3.05) is 18.5 Å². The van der Waals surface area contributed by atoms with Crippen LogP contribution in [0.4, 0.5) is 11.6 Å². The second-order valence-electron chi connectivity index (χ2n) is 7.80. The Balaban J connectivity index is 1.96. The molecule has 196 valence electrons. The van der Waals surface area contributed by atoms with Crippen molar-refractivity contribution in [3.63, 3.8) is 0 Å². The molecule has 0 fully saturated rings. The molecule has 0 saturated heterocycles. The van der Waals surface area contributed by atoms with Gasteiger partial charge in [-0.25, -0.2) is 14.2 Å². The number of para-hydroxylation sites is 2. The fourth-order valence-electron chi connectivity index (χ4n) is 3.43. The van der Waals surface area contributed by atoms with Crippen molar-refractivity contribution >= 4 is 28.9 Å². The molecule has 2 aromatic carbocycles. The molecule has 0 aliphatic heterocycles. The molecule has 1 atom stereocenters. The Morgan fingerprint density at radius 2 is 1.74 bits per heavy atom. The Hall–Kier alpha value is -4.55. The van der Waals surface area contributed by atoms with E-state index in [1.54, 1.807) is 66.9 Å². The molecule has 38 heavy (non-hydrogen) atoms. The number of hydrogen-bond donors (Lipinski definition) is 1. The Bertz CT molecular complexity index is 1480. The quantitative estimate of drug-likeness (QED) is 0.180. The first-order valence-corrected chi connectivity index (χ1v) is 12.3. The van der Waals surface area contributed by atoms with Gasteiger partial charge in [0.1, 0.15) is 11.6 Å². The fraction of sp³-hybridized carbons (Fsp3) is 0.154. The number of aromatic nitrogens is 3. The largest absolute Gasteiger partial charge is 0.493 e. The number of carbonyl (C=O) groups excluding carboxylic acids is 1. The first-order chi connectivity index (χ1) is 18.3. The number of benzene rings is 2. The van der Waals surface area contributed by atoms with Crippen LogP contribution in [-0.2, 0) is 16.1 Å². The molecule has 11 nitrogen and oxygen atoms in total. The standard InChI is InChI=1S/C26H24N4O7S/c1-16-12-13-22(27-15-16)30(38(32)33)25-23(37-21-11-6-5-10-20(21)34-3)26(35-4)29-24(28-25)18-8-7-9-19(14-18)36-17(2)31/h5-15H,1-4H3,(H,32,33). The van der Waals surface area contributed by atoms with Crippen LogP contribution >= 0.6 is 0 Å². The minimum atomic E-state index is -2.63. The van der Waals surface area contributed by atoms with Gasteiger partial charge in [-0.15, -0.1) is 0 Å². The van der Waals surface area contributed by atoms with Crippen molar-refractivity contribution in [2.24, 2.45) is 0 Å². The zero-order chi connectivity index (χ0) is 27.2. The normalized spacial score (nSPS) is 11.4. The molecule has 2 heterocycles.